The maximum atomic E-state index is 12.2. The molecule has 0 aromatic rings. The Bertz CT molecular complexity index is 132. The van der Waals surface area contributed by atoms with Crippen LogP contribution in [0.5, 0.6) is 0 Å². The summed E-state index contributed by atoms with van der Waals surface area (Å²) in [7, 11) is 0. The maximum Gasteiger partial charge on any atom is 0.416 e. The van der Waals surface area contributed by atoms with Gasteiger partial charge in [0, 0.05) is 0 Å². The van der Waals surface area contributed by atoms with E-state index in [0.717, 1.165) is 0 Å². The molecular weight excluding hydrogens is 540 g/mol. The number of hydrogen-bond donors (Lipinski definition) is 0. The lowest BCUT2D eigenvalue weighted by atomic mass is 10.5. The summed E-state index contributed by atoms with van der Waals surface area (Å²) < 4.78 is 33.0. The average Bonchev–Trinajstić information content (AvgIpc) is 1.58. The van der Waals surface area contributed by atoms with Crippen molar-refractivity contribution in [3.8, 4) is 0 Å². The van der Waals surface area contributed by atoms with Crippen LogP contribution in [0.1, 0.15) is 0 Å². The van der Waals surface area contributed by atoms with E-state index in [4.69, 9.17) is 0 Å². The van der Waals surface area contributed by atoms with E-state index in [9.17, 15) is 13.2 Å². The molecule has 0 saturated carbocycles. The lowest BCUT2D eigenvalue weighted by Crippen LogP contribution is -2.43. The summed E-state index contributed by atoms with van der Waals surface area (Å²) in [6.45, 7) is 0. The fourth-order valence-corrected chi connectivity index (χ4v) is 0.916. The van der Waals surface area contributed by atoms with E-state index in [1.54, 1.807) is 22.6 Å². The van der Waals surface area contributed by atoms with Gasteiger partial charge in [0.1, 0.15) is 0 Å². The number of halogens is 8. The molecule has 11 heavy (non-hydrogen) atoms. The Morgan fingerprint density at radius 1 is 0.909 bits per heavy atom. The van der Waals surface area contributed by atoms with Gasteiger partial charge in [0.05, 0.1) is 0 Å². The van der Waals surface area contributed by atoms with Gasteiger partial charge in [0.15, 0.2) is 1.24 Å². The second-order valence-corrected chi connectivity index (χ2v) is 13.0. The molecule has 0 N–H and O–H groups in total. The van der Waals surface area contributed by atoms with Crippen molar-refractivity contribution < 1.29 is 13.2 Å². The summed E-state index contributed by atoms with van der Waals surface area (Å²) in [5.74, 6) is 0. The lowest BCUT2D eigenvalue weighted by Gasteiger charge is -2.31. The van der Waals surface area contributed by atoms with Crippen LogP contribution in [0.2, 0.25) is 0 Å². The van der Waals surface area contributed by atoms with Crippen molar-refractivity contribution in [2.75, 3.05) is 0 Å². The molecule has 0 amide bonds. The molecule has 0 aliphatic carbocycles. The minimum absolute atomic E-state index is 1.32. The quantitative estimate of drug-likeness (QED) is 0.328. The molecule has 0 unspecified atom stereocenters. The molecule has 0 atom stereocenters. The summed E-state index contributed by atoms with van der Waals surface area (Å²) in [5, 5.41) is 0. The van der Waals surface area contributed by atoms with Crippen LogP contribution in [0, 0.1) is 0 Å². The molecule has 0 bridgehead atoms. The Balaban J connectivity index is 4.75. The molecule has 0 heterocycles. The molecule has 0 aromatic carbocycles. The molecule has 0 aliphatic rings. The van der Waals surface area contributed by atoms with Gasteiger partial charge in [0.25, 0.3) is 0 Å². The molecule has 68 valence electrons. The Labute approximate surface area is 109 Å². The molecule has 0 spiro atoms. The molecular formula is C3Br4F3I. The zero-order valence-electron chi connectivity index (χ0n) is 4.52. The fraction of sp³-hybridized carbons (Fsp3) is 1.00. The Hall–Kier alpha value is 2.44. The summed E-state index contributed by atoms with van der Waals surface area (Å²) >= 11 is 12.2. The van der Waals surface area contributed by atoms with Gasteiger partial charge in [-0.25, -0.2) is 0 Å². The van der Waals surface area contributed by atoms with Crippen molar-refractivity contribution in [2.45, 2.75) is 10.7 Å². The standard InChI is InChI=1S/C3Br4F3I/c4-1(5,2(6,7)11)3(8,9)10. The van der Waals surface area contributed by atoms with Gasteiger partial charge in [-0.3, -0.25) is 0 Å². The molecule has 8 heteroatoms. The van der Waals surface area contributed by atoms with Crippen molar-refractivity contribution in [1.29, 1.82) is 0 Å². The van der Waals surface area contributed by atoms with Crippen molar-refractivity contribution in [1.82, 2.24) is 0 Å². The molecule has 0 fully saturated rings. The third-order valence-corrected chi connectivity index (χ3v) is 8.41. The van der Waals surface area contributed by atoms with Crippen LogP contribution >= 0.6 is 86.3 Å². The monoisotopic (exact) mass is 536 g/mol. The van der Waals surface area contributed by atoms with Gasteiger partial charge >= 0.3 is 6.18 Å². The summed E-state index contributed by atoms with van der Waals surface area (Å²) in [5.41, 5.74) is 0. The minimum atomic E-state index is -4.39. The first-order valence-corrected chi connectivity index (χ1v) is 6.26. The molecule has 0 aliphatic heterocycles. The Kier molecular flexibility index (Phi) is 4.76. The van der Waals surface area contributed by atoms with Gasteiger partial charge in [-0.2, -0.15) is 13.2 Å². The van der Waals surface area contributed by atoms with Crippen LogP contribution in [-0.2, 0) is 0 Å². The van der Waals surface area contributed by atoms with E-state index in [1.165, 1.54) is 0 Å². The molecule has 0 radical (unpaired) electrons. The summed E-state index contributed by atoms with van der Waals surface area (Å²) in [6.07, 6.45) is -4.39. The van der Waals surface area contributed by atoms with Crippen molar-refractivity contribution in [3.05, 3.63) is 0 Å². The summed E-state index contributed by atoms with van der Waals surface area (Å²) in [6, 6.07) is 0. The van der Waals surface area contributed by atoms with E-state index in [2.05, 4.69) is 63.7 Å². The number of rotatable bonds is 1. The van der Waals surface area contributed by atoms with Crippen LogP contribution in [-0.4, -0.2) is 10.7 Å². The van der Waals surface area contributed by atoms with Crippen molar-refractivity contribution >= 4 is 86.3 Å². The van der Waals surface area contributed by atoms with E-state index >= 15 is 0 Å². The average molecular weight is 540 g/mol. The van der Waals surface area contributed by atoms with Crippen LogP contribution in [0.25, 0.3) is 0 Å². The smallest absolute Gasteiger partial charge is 0.168 e. The highest BCUT2D eigenvalue weighted by Gasteiger charge is 2.62. The molecule has 0 saturated heterocycles. The molecule has 0 aromatic heterocycles. The van der Waals surface area contributed by atoms with E-state index in [1.807, 2.05) is 0 Å². The first-order valence-electron chi connectivity index (χ1n) is 2.01. The number of alkyl halides is 8. The predicted molar refractivity (Wildman–Crippen MR) is 61.2 cm³/mol. The maximum absolute atomic E-state index is 12.2. The minimum Gasteiger partial charge on any atom is -0.168 e. The topological polar surface area (TPSA) is 0 Å². The van der Waals surface area contributed by atoms with Gasteiger partial charge < -0.3 is 0 Å². The highest BCUT2D eigenvalue weighted by atomic mass is 127. The van der Waals surface area contributed by atoms with Gasteiger partial charge in [-0.05, 0) is 0 Å². The van der Waals surface area contributed by atoms with E-state index in [0.29, 0.717) is 0 Å². The number of hydrogen-bond acceptors (Lipinski definition) is 0. The fourth-order valence-electron chi connectivity index (χ4n) is 0.161. The Morgan fingerprint density at radius 3 is 1.18 bits per heavy atom. The third-order valence-electron chi connectivity index (χ3n) is 0.712. The zero-order chi connectivity index (χ0) is 9.50. The second kappa shape index (κ2) is 3.90. The first-order chi connectivity index (χ1) is 4.50. The van der Waals surface area contributed by atoms with Crippen LogP contribution in [0.3, 0.4) is 0 Å². The largest absolute Gasteiger partial charge is 0.416 e. The predicted octanol–water partition coefficient (Wildman–Crippen LogP) is 4.91. The van der Waals surface area contributed by atoms with Gasteiger partial charge in [-0.15, -0.1) is 0 Å². The van der Waals surface area contributed by atoms with Gasteiger partial charge in [0.2, 0.25) is 3.23 Å². The van der Waals surface area contributed by atoms with Crippen molar-refractivity contribution in [2.24, 2.45) is 0 Å². The first kappa shape index (κ1) is 13.4. The normalized spacial score (nSPS) is 15.3. The third kappa shape index (κ3) is 3.25. The molecule has 0 rings (SSSR count). The summed E-state index contributed by atoms with van der Waals surface area (Å²) in [4.78, 5) is 0. The van der Waals surface area contributed by atoms with E-state index in [-0.39, 0.29) is 0 Å². The van der Waals surface area contributed by atoms with Crippen LogP contribution in [0.15, 0.2) is 0 Å². The van der Waals surface area contributed by atoms with Crippen LogP contribution in [0.4, 0.5) is 13.2 Å². The highest BCUT2D eigenvalue weighted by molar-refractivity contribution is 14.1. The SMILES string of the molecule is FC(F)(F)C(Br)(Br)C(Br)(Br)I. The van der Waals surface area contributed by atoms with Crippen molar-refractivity contribution in [3.63, 3.8) is 0 Å². The highest BCUT2D eigenvalue weighted by Crippen LogP contribution is 2.60. The van der Waals surface area contributed by atoms with E-state index < -0.39 is 10.7 Å². The lowest BCUT2D eigenvalue weighted by molar-refractivity contribution is -0.130. The van der Waals surface area contributed by atoms with Crippen LogP contribution < -0.4 is 0 Å². The Morgan fingerprint density at radius 2 is 1.18 bits per heavy atom. The van der Waals surface area contributed by atoms with Gasteiger partial charge in [-0.1, -0.05) is 86.3 Å². The molecule has 0 nitrogen and oxygen atoms in total. The zero-order valence-corrected chi connectivity index (χ0v) is 13.0. The second-order valence-electron chi connectivity index (χ2n) is 1.57.